The van der Waals surface area contributed by atoms with E-state index in [1.54, 1.807) is 0 Å². The zero-order valence-corrected chi connectivity index (χ0v) is 7.94. The van der Waals surface area contributed by atoms with Gasteiger partial charge in [-0.25, -0.2) is 4.89 Å². The summed E-state index contributed by atoms with van der Waals surface area (Å²) in [7, 11) is 0. The van der Waals surface area contributed by atoms with Gasteiger partial charge in [0.1, 0.15) is 6.10 Å². The Labute approximate surface area is 79.1 Å². The van der Waals surface area contributed by atoms with E-state index in [2.05, 4.69) is 11.8 Å². The largest absolute Gasteiger partial charge is 0.251 e. The molecule has 0 saturated heterocycles. The van der Waals surface area contributed by atoms with Crippen LogP contribution in [0.4, 0.5) is 0 Å². The Morgan fingerprint density at radius 2 is 2.00 bits per heavy atom. The third-order valence-corrected chi connectivity index (χ3v) is 2.12. The summed E-state index contributed by atoms with van der Waals surface area (Å²) in [6.45, 7) is 2.12. The molecule has 0 aliphatic carbocycles. The summed E-state index contributed by atoms with van der Waals surface area (Å²) in [5.41, 5.74) is 1.04. The van der Waals surface area contributed by atoms with Crippen LogP contribution in [0.5, 0.6) is 0 Å². The van der Waals surface area contributed by atoms with Crippen molar-refractivity contribution in [1.29, 1.82) is 0 Å². The Kier molecular flexibility index (Phi) is 4.50. The lowest BCUT2D eigenvalue weighted by Gasteiger charge is -2.12. The first-order valence-corrected chi connectivity index (χ1v) is 4.73. The number of hydrogen-bond acceptors (Lipinski definition) is 2. The summed E-state index contributed by atoms with van der Waals surface area (Å²) >= 11 is 0. The fraction of sp³-hybridized carbons (Fsp3) is 0.455. The Morgan fingerprint density at radius 1 is 1.31 bits per heavy atom. The number of hydrogen-bond donors (Lipinski definition) is 1. The highest BCUT2D eigenvalue weighted by Crippen LogP contribution is 2.21. The fourth-order valence-corrected chi connectivity index (χ4v) is 1.34. The van der Waals surface area contributed by atoms with Crippen LogP contribution in [0.2, 0.25) is 0 Å². The van der Waals surface area contributed by atoms with Gasteiger partial charge in [-0.3, -0.25) is 5.26 Å². The van der Waals surface area contributed by atoms with Gasteiger partial charge in [-0.2, -0.15) is 0 Å². The third-order valence-electron chi connectivity index (χ3n) is 2.12. The first kappa shape index (κ1) is 10.2. The summed E-state index contributed by atoms with van der Waals surface area (Å²) in [4.78, 5) is 4.44. The number of unbranched alkanes of at least 4 members (excludes halogenated alkanes) is 1. The van der Waals surface area contributed by atoms with Gasteiger partial charge in [0.25, 0.3) is 0 Å². The second kappa shape index (κ2) is 5.73. The van der Waals surface area contributed by atoms with Crippen LogP contribution in [0.1, 0.15) is 37.9 Å². The fourth-order valence-electron chi connectivity index (χ4n) is 1.34. The molecular formula is C11H16O2. The predicted octanol–water partition coefficient (Wildman–Crippen LogP) is 3.41. The maximum Gasteiger partial charge on any atom is 0.118 e. The van der Waals surface area contributed by atoms with Crippen molar-refractivity contribution in [3.63, 3.8) is 0 Å². The standard InChI is InChI=1S/C11H16O2/c1-2-3-9-11(13-12)10-7-5-4-6-8-10/h4-8,11-12H,2-3,9H2,1H3/t11-/m0/s1. The predicted molar refractivity (Wildman–Crippen MR) is 52.4 cm³/mol. The van der Waals surface area contributed by atoms with Gasteiger partial charge in [-0.1, -0.05) is 50.1 Å². The SMILES string of the molecule is CCCC[C@H](OO)c1ccccc1. The minimum Gasteiger partial charge on any atom is -0.251 e. The van der Waals surface area contributed by atoms with Crippen molar-refractivity contribution in [1.82, 2.24) is 0 Å². The van der Waals surface area contributed by atoms with Gasteiger partial charge < -0.3 is 0 Å². The van der Waals surface area contributed by atoms with Crippen molar-refractivity contribution in [2.45, 2.75) is 32.3 Å². The van der Waals surface area contributed by atoms with Crippen molar-refractivity contribution in [3.05, 3.63) is 35.9 Å². The molecule has 1 aromatic carbocycles. The van der Waals surface area contributed by atoms with Crippen LogP contribution < -0.4 is 0 Å². The van der Waals surface area contributed by atoms with Crippen molar-refractivity contribution in [3.8, 4) is 0 Å². The van der Waals surface area contributed by atoms with E-state index in [1.165, 1.54) is 0 Å². The first-order valence-electron chi connectivity index (χ1n) is 4.73. The van der Waals surface area contributed by atoms with Crippen LogP contribution in [0.3, 0.4) is 0 Å². The molecule has 0 unspecified atom stereocenters. The van der Waals surface area contributed by atoms with Crippen LogP contribution >= 0.6 is 0 Å². The van der Waals surface area contributed by atoms with Crippen molar-refractivity contribution < 1.29 is 10.1 Å². The van der Waals surface area contributed by atoms with Crippen LogP contribution in [-0.2, 0) is 4.89 Å². The molecule has 0 bridgehead atoms. The molecule has 72 valence electrons. The molecule has 0 aliphatic rings. The average Bonchev–Trinajstić information content (AvgIpc) is 2.21. The molecule has 2 nitrogen and oxygen atoms in total. The normalized spacial score (nSPS) is 12.8. The molecule has 0 saturated carbocycles. The molecule has 0 heterocycles. The summed E-state index contributed by atoms with van der Waals surface area (Å²) in [6, 6.07) is 9.80. The molecule has 0 amide bonds. The molecule has 0 radical (unpaired) electrons. The second-order valence-electron chi connectivity index (χ2n) is 3.15. The van der Waals surface area contributed by atoms with E-state index < -0.39 is 0 Å². The van der Waals surface area contributed by atoms with E-state index in [0.29, 0.717) is 0 Å². The van der Waals surface area contributed by atoms with Crippen LogP contribution in [0, 0.1) is 0 Å². The van der Waals surface area contributed by atoms with Gasteiger partial charge in [0.2, 0.25) is 0 Å². The van der Waals surface area contributed by atoms with Crippen molar-refractivity contribution >= 4 is 0 Å². The van der Waals surface area contributed by atoms with E-state index in [9.17, 15) is 0 Å². The third kappa shape index (κ3) is 3.17. The van der Waals surface area contributed by atoms with Crippen LogP contribution in [-0.4, -0.2) is 5.26 Å². The van der Waals surface area contributed by atoms with E-state index in [0.717, 1.165) is 24.8 Å². The smallest absolute Gasteiger partial charge is 0.118 e. The molecule has 1 aromatic rings. The molecule has 1 N–H and O–H groups in total. The molecule has 0 fully saturated rings. The molecule has 0 spiro atoms. The second-order valence-corrected chi connectivity index (χ2v) is 3.15. The van der Waals surface area contributed by atoms with Gasteiger partial charge in [0.15, 0.2) is 0 Å². The molecule has 0 aliphatic heterocycles. The van der Waals surface area contributed by atoms with Gasteiger partial charge in [-0.15, -0.1) is 0 Å². The van der Waals surface area contributed by atoms with E-state index in [1.807, 2.05) is 30.3 Å². The Hall–Kier alpha value is -0.860. The molecular weight excluding hydrogens is 164 g/mol. The molecule has 13 heavy (non-hydrogen) atoms. The lowest BCUT2D eigenvalue weighted by molar-refractivity contribution is -0.283. The number of rotatable bonds is 5. The first-order chi connectivity index (χ1) is 6.38. The summed E-state index contributed by atoms with van der Waals surface area (Å²) in [5.74, 6) is 0. The lowest BCUT2D eigenvalue weighted by atomic mass is 10.0. The molecule has 1 rings (SSSR count). The Balaban J connectivity index is 2.56. The van der Waals surface area contributed by atoms with E-state index in [-0.39, 0.29) is 6.10 Å². The molecule has 1 atom stereocenters. The topological polar surface area (TPSA) is 29.5 Å². The summed E-state index contributed by atoms with van der Waals surface area (Å²) < 4.78 is 0. The highest BCUT2D eigenvalue weighted by atomic mass is 17.1. The Bertz CT molecular complexity index is 221. The monoisotopic (exact) mass is 180 g/mol. The van der Waals surface area contributed by atoms with Gasteiger partial charge in [0, 0.05) is 0 Å². The Morgan fingerprint density at radius 3 is 2.54 bits per heavy atom. The van der Waals surface area contributed by atoms with Crippen molar-refractivity contribution in [2.24, 2.45) is 0 Å². The van der Waals surface area contributed by atoms with Crippen LogP contribution in [0.15, 0.2) is 30.3 Å². The van der Waals surface area contributed by atoms with E-state index >= 15 is 0 Å². The lowest BCUT2D eigenvalue weighted by Crippen LogP contribution is -2.01. The minimum atomic E-state index is -0.166. The van der Waals surface area contributed by atoms with Gasteiger partial charge >= 0.3 is 0 Å². The molecule has 0 aromatic heterocycles. The van der Waals surface area contributed by atoms with E-state index in [4.69, 9.17) is 5.26 Å². The summed E-state index contributed by atoms with van der Waals surface area (Å²) in [6.07, 6.45) is 2.89. The van der Waals surface area contributed by atoms with Gasteiger partial charge in [0.05, 0.1) is 0 Å². The maximum atomic E-state index is 8.71. The molecule has 2 heteroatoms. The average molecular weight is 180 g/mol. The minimum absolute atomic E-state index is 0.166. The van der Waals surface area contributed by atoms with Crippen LogP contribution in [0.25, 0.3) is 0 Å². The maximum absolute atomic E-state index is 8.71. The van der Waals surface area contributed by atoms with Gasteiger partial charge in [-0.05, 0) is 12.0 Å². The highest BCUT2D eigenvalue weighted by molar-refractivity contribution is 5.17. The van der Waals surface area contributed by atoms with Crippen molar-refractivity contribution in [2.75, 3.05) is 0 Å². The zero-order chi connectivity index (χ0) is 9.52. The zero-order valence-electron chi connectivity index (χ0n) is 7.94. The summed E-state index contributed by atoms with van der Waals surface area (Å²) in [5, 5.41) is 8.71. The highest BCUT2D eigenvalue weighted by Gasteiger charge is 2.09. The quantitative estimate of drug-likeness (QED) is 0.555. The number of benzene rings is 1.